The molecule has 0 amide bonds. The molecule has 0 N–H and O–H groups in total. The summed E-state index contributed by atoms with van der Waals surface area (Å²) in [7, 11) is -2.16. The van der Waals surface area contributed by atoms with Gasteiger partial charge in [-0.05, 0) is 0 Å². The van der Waals surface area contributed by atoms with E-state index in [1.807, 2.05) is 0 Å². The zero-order valence-corrected chi connectivity index (χ0v) is 16.3. The van der Waals surface area contributed by atoms with Crippen molar-refractivity contribution >= 4 is 16.1 Å². The van der Waals surface area contributed by atoms with Crippen molar-refractivity contribution in [2.24, 2.45) is 0 Å². The van der Waals surface area contributed by atoms with E-state index in [2.05, 4.69) is 51.4 Å². The van der Waals surface area contributed by atoms with Gasteiger partial charge in [-0.2, -0.15) is 5.20 Å². The summed E-state index contributed by atoms with van der Waals surface area (Å²) in [4.78, 5) is 0. The molecular weight excluding hydrogens is 326 g/mol. The summed E-state index contributed by atoms with van der Waals surface area (Å²) < 4.78 is 8.19. The Morgan fingerprint density at radius 2 is 1.41 bits per heavy atom. The first-order valence-corrected chi connectivity index (χ1v) is 12.8. The third-order valence-corrected chi connectivity index (χ3v) is 6.59. The van der Waals surface area contributed by atoms with Crippen molar-refractivity contribution in [1.29, 1.82) is 0 Å². The van der Waals surface area contributed by atoms with Crippen molar-refractivity contribution in [1.82, 2.24) is 0 Å². The van der Waals surface area contributed by atoms with Gasteiger partial charge in [0, 0.05) is 8.07 Å². The van der Waals surface area contributed by atoms with Crippen LogP contribution in [-0.2, 0) is 21.0 Å². The summed E-state index contributed by atoms with van der Waals surface area (Å²) in [6.45, 7) is 14.4. The third kappa shape index (κ3) is 7.81. The van der Waals surface area contributed by atoms with Crippen LogP contribution in [0.4, 0.5) is 0 Å². The van der Waals surface area contributed by atoms with E-state index < -0.39 is 16.1 Å². The number of rotatable bonds is 2. The monoisotopic (exact) mass is 346 g/mol. The van der Waals surface area contributed by atoms with E-state index in [1.165, 1.54) is 6.42 Å². The summed E-state index contributed by atoms with van der Waals surface area (Å²) in [5.41, 5.74) is 0. The van der Waals surface area contributed by atoms with Crippen LogP contribution >= 0.6 is 0 Å². The van der Waals surface area contributed by atoms with Gasteiger partial charge in [-0.25, -0.2) is 11.3 Å². The van der Waals surface area contributed by atoms with Crippen LogP contribution in [0, 0.1) is 6.08 Å². The Hall–Kier alpha value is 0.878. The number of hydrogen-bond donors (Lipinski definition) is 0. The minimum absolute atomic E-state index is 0. The fourth-order valence-corrected chi connectivity index (χ4v) is 4.05. The van der Waals surface area contributed by atoms with Crippen LogP contribution in [0.1, 0.15) is 6.42 Å². The third-order valence-electron chi connectivity index (χ3n) is 2.51. The minimum atomic E-state index is -1.09. The van der Waals surface area contributed by atoms with Crippen molar-refractivity contribution in [3.05, 3.63) is 22.5 Å². The van der Waals surface area contributed by atoms with E-state index >= 15 is 0 Å². The van der Waals surface area contributed by atoms with Gasteiger partial charge >= 0.3 is 21.0 Å². The zero-order chi connectivity index (χ0) is 12.3. The fourth-order valence-electron chi connectivity index (χ4n) is 1.46. The van der Waals surface area contributed by atoms with Gasteiger partial charge in [0.2, 0.25) is 0 Å². The molecule has 0 aromatic rings. The number of hydrogen-bond acceptors (Lipinski definition) is 1. The Kier molecular flexibility index (Phi) is 12.0. The molecule has 17 heavy (non-hydrogen) atoms. The first-order chi connectivity index (χ1) is 6.71. The van der Waals surface area contributed by atoms with E-state index in [-0.39, 0.29) is 24.8 Å². The summed E-state index contributed by atoms with van der Waals surface area (Å²) >= 11 is 1.06. The first-order valence-electron chi connectivity index (χ1n) is 5.23. The summed E-state index contributed by atoms with van der Waals surface area (Å²) in [6.07, 6.45) is 7.28. The average Bonchev–Trinajstić information content (AvgIpc) is 2.53. The number of halogens is 2. The Bertz CT molecular complexity index is 291. The zero-order valence-electron chi connectivity index (χ0n) is 11.4. The molecule has 0 fully saturated rings. The van der Waals surface area contributed by atoms with Crippen molar-refractivity contribution in [2.75, 3.05) is 0 Å². The van der Waals surface area contributed by atoms with Crippen LogP contribution in [0.15, 0.2) is 16.5 Å². The summed E-state index contributed by atoms with van der Waals surface area (Å²) in [6, 6.07) is 0. The predicted octanol–water partition coefficient (Wildman–Crippen LogP) is -2.31. The van der Waals surface area contributed by atoms with Crippen molar-refractivity contribution in [3.63, 3.8) is 0 Å². The van der Waals surface area contributed by atoms with Crippen molar-refractivity contribution in [2.45, 2.75) is 45.7 Å². The quantitative estimate of drug-likeness (QED) is 0.405. The molecular formula is C11H21Cl2OSi2V-. The molecule has 6 heteroatoms. The molecule has 0 aromatic carbocycles. The van der Waals surface area contributed by atoms with Gasteiger partial charge in [-0.3, -0.25) is 6.08 Å². The topological polar surface area (TPSA) is 17.1 Å². The molecule has 0 aliphatic heterocycles. The van der Waals surface area contributed by atoms with Gasteiger partial charge in [-0.15, -0.1) is 6.42 Å². The standard InChI is InChI=1S/C11H21Si2.2ClH.O.V/c1-12(2,3)10-7-8-11(9-10)13(4,5)6;;;;/h7H,8H2,1-6H3;2*1H;;/q-1;;;;+2/p-2. The van der Waals surface area contributed by atoms with Gasteiger partial charge in [-0.1, -0.05) is 39.3 Å². The van der Waals surface area contributed by atoms with E-state index in [4.69, 9.17) is 3.67 Å². The van der Waals surface area contributed by atoms with E-state index in [1.54, 1.807) is 10.4 Å². The summed E-state index contributed by atoms with van der Waals surface area (Å²) in [5, 5.41) is 3.16. The molecule has 0 spiro atoms. The normalized spacial score (nSPS) is 14.6. The Balaban J connectivity index is -0.000000464. The Morgan fingerprint density at radius 1 is 1.00 bits per heavy atom. The molecule has 0 heterocycles. The van der Waals surface area contributed by atoms with Crippen LogP contribution < -0.4 is 24.8 Å². The SMILES string of the molecule is C[Si](C)(C)C1=[C-]C([Si](C)(C)C)=CC1.[Cl-].[Cl-].[O]=[V+2]. The maximum absolute atomic E-state index is 8.19. The average molecular weight is 347 g/mol. The molecule has 0 atom stereocenters. The molecule has 1 aliphatic carbocycles. The summed E-state index contributed by atoms with van der Waals surface area (Å²) in [5.74, 6) is 0. The Morgan fingerprint density at radius 3 is 1.59 bits per heavy atom. The van der Waals surface area contributed by atoms with E-state index in [0.29, 0.717) is 0 Å². The molecule has 0 unspecified atom stereocenters. The maximum atomic E-state index is 8.19. The van der Waals surface area contributed by atoms with Gasteiger partial charge in [0.25, 0.3) is 0 Å². The first kappa shape index (κ1) is 23.0. The predicted molar refractivity (Wildman–Crippen MR) is 66.8 cm³/mol. The van der Waals surface area contributed by atoms with E-state index in [0.717, 1.165) is 17.4 Å². The number of allylic oxidation sites excluding steroid dienone is 4. The van der Waals surface area contributed by atoms with Gasteiger partial charge in [0.05, 0.1) is 8.07 Å². The van der Waals surface area contributed by atoms with Crippen molar-refractivity contribution in [3.8, 4) is 0 Å². The van der Waals surface area contributed by atoms with Crippen LogP contribution in [-0.4, -0.2) is 16.1 Å². The van der Waals surface area contributed by atoms with Crippen LogP contribution in [0.3, 0.4) is 0 Å². The molecule has 99 valence electrons. The molecule has 1 nitrogen and oxygen atoms in total. The molecule has 1 aliphatic rings. The fraction of sp³-hybridized carbons (Fsp3) is 0.636. The van der Waals surface area contributed by atoms with Crippen LogP contribution in [0.25, 0.3) is 0 Å². The van der Waals surface area contributed by atoms with E-state index in [9.17, 15) is 0 Å². The van der Waals surface area contributed by atoms with Crippen LogP contribution in [0.5, 0.6) is 0 Å². The van der Waals surface area contributed by atoms with Crippen LogP contribution in [0.2, 0.25) is 39.3 Å². The molecule has 0 saturated heterocycles. The van der Waals surface area contributed by atoms with Gasteiger partial charge in [0.1, 0.15) is 0 Å². The van der Waals surface area contributed by atoms with Gasteiger partial charge < -0.3 is 24.8 Å². The second kappa shape index (κ2) is 8.89. The van der Waals surface area contributed by atoms with Crippen molar-refractivity contribution < 1.29 is 45.9 Å². The Labute approximate surface area is 130 Å². The molecule has 1 rings (SSSR count). The molecule has 0 aromatic heterocycles. The second-order valence-electron chi connectivity index (χ2n) is 5.93. The molecule has 0 bridgehead atoms. The second-order valence-corrected chi connectivity index (χ2v) is 16.1. The van der Waals surface area contributed by atoms with Gasteiger partial charge in [0.15, 0.2) is 0 Å². The molecule has 0 radical (unpaired) electrons. The molecule has 0 saturated carbocycles.